The van der Waals surface area contributed by atoms with Crippen LogP contribution >= 0.6 is 0 Å². The van der Waals surface area contributed by atoms with Gasteiger partial charge in [-0.1, -0.05) is 139 Å². The monoisotopic (exact) mass is 846 g/mol. The zero-order chi connectivity index (χ0) is 43.9. The molecular formula is C62H46N4. The first-order valence-corrected chi connectivity index (χ1v) is 23.0. The summed E-state index contributed by atoms with van der Waals surface area (Å²) >= 11 is 0. The fourth-order valence-corrected chi connectivity index (χ4v) is 11.0. The van der Waals surface area contributed by atoms with Gasteiger partial charge in [-0.15, -0.1) is 0 Å². The van der Waals surface area contributed by atoms with Crippen LogP contribution in [0, 0.1) is 13.8 Å². The van der Waals surface area contributed by atoms with Gasteiger partial charge in [0.15, 0.2) is 0 Å². The highest BCUT2D eigenvalue weighted by Gasteiger charge is 2.39. The first-order chi connectivity index (χ1) is 32.6. The number of hydrogen-bond donors (Lipinski definition) is 0. The van der Waals surface area contributed by atoms with Crippen molar-refractivity contribution in [2.24, 2.45) is 0 Å². The molecule has 1 aliphatic heterocycles. The molecule has 0 amide bonds. The number of anilines is 5. The molecule has 4 nitrogen and oxygen atoms in total. The summed E-state index contributed by atoms with van der Waals surface area (Å²) in [4.78, 5) is 4.92. The summed E-state index contributed by atoms with van der Waals surface area (Å²) in [6, 6.07) is 76.1. The van der Waals surface area contributed by atoms with Crippen LogP contribution in [-0.4, -0.2) is 15.2 Å². The van der Waals surface area contributed by atoms with E-state index >= 15 is 0 Å². The fourth-order valence-electron chi connectivity index (χ4n) is 11.0. The Bertz CT molecular complexity index is 3670. The van der Waals surface area contributed by atoms with Crippen LogP contribution in [0.3, 0.4) is 0 Å². The van der Waals surface area contributed by atoms with Gasteiger partial charge in [-0.05, 0) is 134 Å². The molecule has 2 aromatic heterocycles. The first kappa shape index (κ1) is 38.1. The Morgan fingerprint density at radius 3 is 1.65 bits per heavy atom. The number of rotatable bonds is 7. The minimum absolute atomic E-state index is 0.143. The molecule has 0 saturated heterocycles. The molecule has 0 fully saturated rings. The van der Waals surface area contributed by atoms with Crippen molar-refractivity contribution in [1.29, 1.82) is 0 Å². The van der Waals surface area contributed by atoms with Gasteiger partial charge < -0.3 is 18.9 Å². The smallest absolute Gasteiger partial charge is 0.0629 e. The second kappa shape index (κ2) is 15.1. The summed E-state index contributed by atoms with van der Waals surface area (Å²) in [7, 11) is 0. The number of allylic oxidation sites excluding steroid dienone is 2. The van der Waals surface area contributed by atoms with Gasteiger partial charge in [-0.3, -0.25) is 0 Å². The summed E-state index contributed by atoms with van der Waals surface area (Å²) in [5.74, 6) is 0.184. The molecule has 2 unspecified atom stereocenters. The maximum absolute atomic E-state index is 2.58. The van der Waals surface area contributed by atoms with Crippen molar-refractivity contribution >= 4 is 72.0 Å². The molecule has 3 heterocycles. The minimum Gasteiger partial charge on any atom is -0.333 e. The molecule has 0 N–H and O–H groups in total. The zero-order valence-electron chi connectivity index (χ0n) is 36.9. The number of fused-ring (bicyclic) bond motifs is 9. The second-order valence-corrected chi connectivity index (χ2v) is 17.9. The maximum atomic E-state index is 2.58. The molecule has 0 saturated carbocycles. The average Bonchev–Trinajstić information content (AvgIpc) is 4.01. The third-order valence-electron chi connectivity index (χ3n) is 14.0. The highest BCUT2D eigenvalue weighted by atomic mass is 15.2. The number of aromatic nitrogens is 2. The highest BCUT2D eigenvalue weighted by molar-refractivity contribution is 6.16. The molecule has 4 heteroatoms. The molecule has 9 aromatic carbocycles. The normalized spacial score (nSPS) is 15.3. The molecule has 0 radical (unpaired) electrons. The van der Waals surface area contributed by atoms with Crippen molar-refractivity contribution in [2.45, 2.75) is 25.8 Å². The van der Waals surface area contributed by atoms with Gasteiger partial charge in [-0.25, -0.2) is 0 Å². The molecule has 2 aliphatic rings. The van der Waals surface area contributed by atoms with Crippen LogP contribution in [0.1, 0.15) is 22.6 Å². The van der Waals surface area contributed by atoms with Crippen molar-refractivity contribution < 1.29 is 0 Å². The summed E-state index contributed by atoms with van der Waals surface area (Å²) in [6.45, 7) is 4.28. The number of aryl methyl sites for hydroxylation is 2. The third kappa shape index (κ3) is 5.92. The quantitative estimate of drug-likeness (QED) is 0.159. The third-order valence-corrected chi connectivity index (χ3v) is 14.0. The summed E-state index contributed by atoms with van der Waals surface area (Å²) in [5.41, 5.74) is 19.3. The van der Waals surface area contributed by atoms with Crippen LogP contribution in [0.4, 0.5) is 28.4 Å². The topological polar surface area (TPSA) is 16.3 Å². The molecule has 11 aromatic rings. The number of para-hydroxylation sites is 3. The van der Waals surface area contributed by atoms with Gasteiger partial charge in [0.2, 0.25) is 0 Å². The Morgan fingerprint density at radius 2 is 0.924 bits per heavy atom. The summed E-state index contributed by atoms with van der Waals surface area (Å²) in [6.07, 6.45) is 9.26. The van der Waals surface area contributed by atoms with Gasteiger partial charge in [-0.2, -0.15) is 0 Å². The van der Waals surface area contributed by atoms with Crippen molar-refractivity contribution in [3.05, 3.63) is 247 Å². The van der Waals surface area contributed by atoms with Crippen LogP contribution in [0.2, 0.25) is 0 Å². The Morgan fingerprint density at radius 1 is 0.394 bits per heavy atom. The highest BCUT2D eigenvalue weighted by Crippen LogP contribution is 2.53. The largest absolute Gasteiger partial charge is 0.333 e. The Kier molecular flexibility index (Phi) is 8.75. The Balaban J connectivity index is 0.950. The van der Waals surface area contributed by atoms with E-state index in [9.17, 15) is 0 Å². The van der Waals surface area contributed by atoms with Gasteiger partial charge in [0.05, 0.1) is 28.1 Å². The van der Waals surface area contributed by atoms with Gasteiger partial charge >= 0.3 is 0 Å². The fraction of sp³-hybridized carbons (Fsp3) is 0.0645. The van der Waals surface area contributed by atoms with E-state index in [0.29, 0.717) is 0 Å². The van der Waals surface area contributed by atoms with Crippen LogP contribution in [0.15, 0.2) is 231 Å². The van der Waals surface area contributed by atoms with Crippen molar-refractivity contribution in [1.82, 2.24) is 9.13 Å². The lowest BCUT2D eigenvalue weighted by Crippen LogP contribution is -2.28. The molecule has 314 valence electrons. The minimum atomic E-state index is 0.143. The maximum Gasteiger partial charge on any atom is 0.0629 e. The number of hydrogen-bond acceptors (Lipinski definition) is 2. The van der Waals surface area contributed by atoms with Crippen LogP contribution in [0.5, 0.6) is 0 Å². The van der Waals surface area contributed by atoms with E-state index in [-0.39, 0.29) is 12.0 Å². The number of benzene rings is 9. The predicted octanol–water partition coefficient (Wildman–Crippen LogP) is 16.4. The zero-order valence-corrected chi connectivity index (χ0v) is 36.9. The van der Waals surface area contributed by atoms with E-state index in [1.54, 1.807) is 0 Å². The van der Waals surface area contributed by atoms with Crippen molar-refractivity contribution in [3.63, 3.8) is 0 Å². The predicted molar refractivity (Wildman–Crippen MR) is 278 cm³/mol. The molecule has 66 heavy (non-hydrogen) atoms. The Labute approximate surface area is 384 Å². The molecule has 13 rings (SSSR count). The summed E-state index contributed by atoms with van der Waals surface area (Å²) in [5, 5.41) is 5.03. The lowest BCUT2D eigenvalue weighted by molar-refractivity contribution is 0.746. The average molecular weight is 847 g/mol. The van der Waals surface area contributed by atoms with E-state index in [1.807, 2.05) is 0 Å². The number of nitrogens with zero attached hydrogens (tertiary/aromatic N) is 4. The summed E-state index contributed by atoms with van der Waals surface area (Å²) < 4.78 is 4.84. The van der Waals surface area contributed by atoms with Crippen molar-refractivity contribution in [2.75, 3.05) is 9.80 Å². The molecule has 1 aliphatic carbocycles. The SMILES string of the molecule is Cc1ccc(N(c2ccc(C)cc2)c2ccc(-n3c4ccccc4c4c(-c5cccc6c5C5C=CC=CC5N6c5ccc6c(c5)c5ccccc5n6-c5ccccc5)cccc43)cc2)cc1. The Hall–Kier alpha value is -8.34. The molecule has 0 spiro atoms. The standard InChI is InChI=1S/C62H46N4/c1-41-26-30-44(31-27-41)63(45-32-28-42(2)29-33-45)46-34-36-47(37-35-46)65-56-22-10-7-17-52(56)61-50(19-12-24-59(61)65)51-20-13-25-60-62(51)53-18-8-11-23-57(53)66(60)48-38-39-58-54(40-48)49-16-6-9-21-55(49)64(58)43-14-4-3-5-15-43/h3-40,53,57H,1-2H3. The van der Waals surface area contributed by atoms with E-state index in [1.165, 1.54) is 88.5 Å². The van der Waals surface area contributed by atoms with E-state index in [2.05, 4.69) is 263 Å². The molecule has 2 atom stereocenters. The van der Waals surface area contributed by atoms with Crippen LogP contribution in [0.25, 0.3) is 66.1 Å². The lowest BCUT2D eigenvalue weighted by Gasteiger charge is -2.28. The molecular weight excluding hydrogens is 801 g/mol. The van der Waals surface area contributed by atoms with E-state index < -0.39 is 0 Å². The first-order valence-electron chi connectivity index (χ1n) is 23.0. The van der Waals surface area contributed by atoms with Crippen LogP contribution < -0.4 is 9.80 Å². The van der Waals surface area contributed by atoms with Crippen LogP contribution in [-0.2, 0) is 0 Å². The van der Waals surface area contributed by atoms with E-state index in [0.717, 1.165) is 22.7 Å². The lowest BCUT2D eigenvalue weighted by atomic mass is 9.85. The van der Waals surface area contributed by atoms with Gasteiger partial charge in [0.25, 0.3) is 0 Å². The van der Waals surface area contributed by atoms with Crippen molar-refractivity contribution in [3.8, 4) is 22.5 Å². The molecule has 0 bridgehead atoms. The second-order valence-electron chi connectivity index (χ2n) is 17.9. The van der Waals surface area contributed by atoms with Gasteiger partial charge in [0, 0.05) is 67.3 Å². The van der Waals surface area contributed by atoms with E-state index in [4.69, 9.17) is 0 Å². The van der Waals surface area contributed by atoms with Gasteiger partial charge in [0.1, 0.15) is 0 Å².